The number of hydrogen-bond acceptors (Lipinski definition) is 5. The predicted molar refractivity (Wildman–Crippen MR) is 113 cm³/mol. The molecule has 13 heteroatoms. The molecule has 4 N–H and O–H groups in total. The Morgan fingerprint density at radius 2 is 1.88 bits per heavy atom. The molecule has 0 amide bonds. The van der Waals surface area contributed by atoms with Gasteiger partial charge in [-0.1, -0.05) is 6.07 Å². The lowest BCUT2D eigenvalue weighted by Gasteiger charge is -2.40. The third-order valence-electron chi connectivity index (χ3n) is 5.07. The lowest BCUT2D eigenvalue weighted by molar-refractivity contribution is -0.137. The third kappa shape index (κ3) is 5.43. The standard InChI is InChI=1S/C20H19F5N6OS/c1-12(31(26)18(33)29-15-5-2-13(3-6-15)20(23,24)25)19(32,9-30-11-27-10-28-30)16-7-4-14(21)8-17(16)22/h2-8,10-12,32H,9,26H2,1H3,(H,29,33)/t12-,19-/m1/s1. The van der Waals surface area contributed by atoms with Crippen molar-refractivity contribution in [3.05, 3.63) is 77.9 Å². The Morgan fingerprint density at radius 3 is 2.42 bits per heavy atom. The number of thiocarbonyl (C=S) groups is 1. The molecule has 0 fully saturated rings. The highest BCUT2D eigenvalue weighted by Crippen LogP contribution is 2.33. The second kappa shape index (κ2) is 9.37. The van der Waals surface area contributed by atoms with Crippen LogP contribution in [0.1, 0.15) is 18.1 Å². The zero-order chi connectivity index (χ0) is 24.4. The minimum absolute atomic E-state index is 0.165. The normalized spacial score (nSPS) is 14.4. The van der Waals surface area contributed by atoms with Crippen molar-refractivity contribution in [3.63, 3.8) is 0 Å². The van der Waals surface area contributed by atoms with Crippen LogP contribution in [0.25, 0.3) is 0 Å². The molecule has 7 nitrogen and oxygen atoms in total. The highest BCUT2D eigenvalue weighted by Gasteiger charge is 2.42. The van der Waals surface area contributed by atoms with Gasteiger partial charge in [-0.05, 0) is 49.5 Å². The third-order valence-corrected chi connectivity index (χ3v) is 5.39. The van der Waals surface area contributed by atoms with Gasteiger partial charge in [-0.15, -0.1) is 0 Å². The zero-order valence-electron chi connectivity index (χ0n) is 17.1. The number of alkyl halides is 3. The molecule has 0 spiro atoms. The maximum Gasteiger partial charge on any atom is 0.416 e. The molecule has 0 aliphatic rings. The van der Waals surface area contributed by atoms with E-state index in [1.807, 2.05) is 0 Å². The molecular weight excluding hydrogens is 467 g/mol. The summed E-state index contributed by atoms with van der Waals surface area (Å²) >= 11 is 5.23. The number of anilines is 1. The smallest absolute Gasteiger partial charge is 0.381 e. The Bertz CT molecular complexity index is 1110. The van der Waals surface area contributed by atoms with E-state index in [0.29, 0.717) is 6.07 Å². The quantitative estimate of drug-likeness (QED) is 0.213. The SMILES string of the molecule is C[C@@H](N(N)C(=S)Nc1ccc(C(F)(F)F)cc1)[C@](O)(Cn1cncn1)c1ccc(F)cc1F. The first kappa shape index (κ1) is 24.5. The van der Waals surface area contributed by atoms with Crippen LogP contribution in [0.5, 0.6) is 0 Å². The first-order chi connectivity index (χ1) is 15.4. The van der Waals surface area contributed by atoms with Crippen LogP contribution in [-0.2, 0) is 18.3 Å². The van der Waals surface area contributed by atoms with E-state index in [1.54, 1.807) is 0 Å². The zero-order valence-corrected chi connectivity index (χ0v) is 17.9. The Labute approximate surface area is 190 Å². The molecule has 0 saturated heterocycles. The summed E-state index contributed by atoms with van der Waals surface area (Å²) in [5.74, 6) is 4.24. The van der Waals surface area contributed by atoms with Gasteiger partial charge in [0.1, 0.15) is 29.9 Å². The number of aliphatic hydroxyl groups is 1. The highest BCUT2D eigenvalue weighted by molar-refractivity contribution is 7.80. The van der Waals surface area contributed by atoms with Crippen LogP contribution in [0, 0.1) is 11.6 Å². The molecule has 0 bridgehead atoms. The molecule has 0 radical (unpaired) electrons. The largest absolute Gasteiger partial charge is 0.416 e. The number of nitrogens with one attached hydrogen (secondary N) is 1. The predicted octanol–water partition coefficient (Wildman–Crippen LogP) is 3.42. The van der Waals surface area contributed by atoms with Crippen LogP contribution < -0.4 is 11.2 Å². The van der Waals surface area contributed by atoms with Crippen molar-refractivity contribution in [1.82, 2.24) is 19.8 Å². The molecule has 1 heterocycles. The van der Waals surface area contributed by atoms with Crippen LogP contribution in [0.2, 0.25) is 0 Å². The summed E-state index contributed by atoms with van der Waals surface area (Å²) in [5, 5.41) is 18.9. The lowest BCUT2D eigenvalue weighted by Crippen LogP contribution is -2.57. The second-order valence-corrected chi connectivity index (χ2v) is 7.62. The van der Waals surface area contributed by atoms with Crippen molar-refractivity contribution in [1.29, 1.82) is 0 Å². The number of aromatic nitrogens is 3. The number of hydrogen-bond donors (Lipinski definition) is 3. The van der Waals surface area contributed by atoms with Crippen LogP contribution in [0.3, 0.4) is 0 Å². The minimum atomic E-state index is -4.50. The summed E-state index contributed by atoms with van der Waals surface area (Å²) in [6, 6.07) is 5.62. The maximum absolute atomic E-state index is 14.6. The fourth-order valence-electron chi connectivity index (χ4n) is 3.18. The van der Waals surface area contributed by atoms with Crippen molar-refractivity contribution >= 4 is 23.0 Å². The molecule has 2 aromatic carbocycles. The van der Waals surface area contributed by atoms with Crippen molar-refractivity contribution < 1.29 is 27.1 Å². The molecular formula is C20H19F5N6OS. The van der Waals surface area contributed by atoms with Crippen molar-refractivity contribution in [2.75, 3.05) is 5.32 Å². The molecule has 0 aliphatic carbocycles. The van der Waals surface area contributed by atoms with Gasteiger partial charge in [0, 0.05) is 17.3 Å². The molecule has 3 rings (SSSR count). The van der Waals surface area contributed by atoms with Crippen molar-refractivity contribution in [3.8, 4) is 0 Å². The number of hydrazine groups is 1. The van der Waals surface area contributed by atoms with Crippen molar-refractivity contribution in [2.45, 2.75) is 31.3 Å². The summed E-state index contributed by atoms with van der Waals surface area (Å²) in [7, 11) is 0. The van der Waals surface area contributed by atoms with Crippen molar-refractivity contribution in [2.24, 2.45) is 5.84 Å². The first-order valence-corrected chi connectivity index (χ1v) is 9.85. The summed E-state index contributed by atoms with van der Waals surface area (Å²) in [6.07, 6.45) is -1.99. The van der Waals surface area contributed by atoms with E-state index < -0.39 is 35.0 Å². The summed E-state index contributed by atoms with van der Waals surface area (Å²) < 4.78 is 67.6. The van der Waals surface area contributed by atoms with E-state index in [4.69, 9.17) is 18.1 Å². The summed E-state index contributed by atoms with van der Waals surface area (Å²) in [4.78, 5) is 3.78. The van der Waals surface area contributed by atoms with Crippen LogP contribution in [0.15, 0.2) is 55.1 Å². The van der Waals surface area contributed by atoms with E-state index in [2.05, 4.69) is 15.4 Å². The van der Waals surface area contributed by atoms with Gasteiger partial charge < -0.3 is 10.4 Å². The molecule has 2 atom stereocenters. The van der Waals surface area contributed by atoms with Gasteiger partial charge in [-0.25, -0.2) is 24.3 Å². The topological polar surface area (TPSA) is 92.2 Å². The van der Waals surface area contributed by atoms with Crippen LogP contribution >= 0.6 is 12.2 Å². The van der Waals surface area contributed by atoms with Crippen LogP contribution in [-0.4, -0.2) is 36.0 Å². The number of benzene rings is 2. The average molecular weight is 486 g/mol. The van der Waals surface area contributed by atoms with E-state index >= 15 is 0 Å². The number of nitrogens with two attached hydrogens (primary N) is 1. The van der Waals surface area contributed by atoms with Gasteiger partial charge in [-0.3, -0.25) is 5.01 Å². The Balaban J connectivity index is 1.87. The van der Waals surface area contributed by atoms with Gasteiger partial charge in [0.25, 0.3) is 0 Å². The second-order valence-electron chi connectivity index (χ2n) is 7.23. The molecule has 0 unspecified atom stereocenters. The van der Waals surface area contributed by atoms with Gasteiger partial charge >= 0.3 is 6.18 Å². The molecule has 0 saturated carbocycles. The molecule has 176 valence electrons. The minimum Gasteiger partial charge on any atom is -0.381 e. The molecule has 1 aromatic heterocycles. The Kier molecular flexibility index (Phi) is 6.95. The number of rotatable bonds is 6. The van der Waals surface area contributed by atoms with Crippen LogP contribution in [0.4, 0.5) is 27.6 Å². The highest BCUT2D eigenvalue weighted by atomic mass is 32.1. The first-order valence-electron chi connectivity index (χ1n) is 9.44. The monoisotopic (exact) mass is 486 g/mol. The lowest BCUT2D eigenvalue weighted by atomic mass is 9.86. The number of halogens is 5. The van der Waals surface area contributed by atoms with Gasteiger partial charge in [0.05, 0.1) is 18.2 Å². The fraction of sp³-hybridized carbons (Fsp3) is 0.250. The Hall–Kier alpha value is -3.16. The van der Waals surface area contributed by atoms with Gasteiger partial charge in [0.2, 0.25) is 0 Å². The molecule has 3 aromatic rings. The Morgan fingerprint density at radius 1 is 1.21 bits per heavy atom. The number of nitrogens with zero attached hydrogens (tertiary/aromatic N) is 4. The van der Waals surface area contributed by atoms with E-state index in [9.17, 15) is 27.1 Å². The van der Waals surface area contributed by atoms with Gasteiger partial charge in [-0.2, -0.15) is 18.3 Å². The summed E-state index contributed by atoms with van der Waals surface area (Å²) in [6.45, 7) is 1.13. The molecule has 33 heavy (non-hydrogen) atoms. The molecule has 0 aliphatic heterocycles. The van der Waals surface area contributed by atoms with Gasteiger partial charge in [0.15, 0.2) is 5.11 Å². The van der Waals surface area contributed by atoms with E-state index in [1.165, 1.54) is 24.3 Å². The van der Waals surface area contributed by atoms with E-state index in [-0.39, 0.29) is 22.9 Å². The maximum atomic E-state index is 14.6. The fourth-order valence-corrected chi connectivity index (χ4v) is 3.46. The van der Waals surface area contributed by atoms with E-state index in [0.717, 1.165) is 41.4 Å². The average Bonchev–Trinajstić information content (AvgIpc) is 3.25. The summed E-state index contributed by atoms with van der Waals surface area (Å²) in [5.41, 5.74) is -2.96.